The van der Waals surface area contributed by atoms with Crippen LogP contribution in [0.15, 0.2) is 34.9 Å². The van der Waals surface area contributed by atoms with E-state index in [1.165, 1.54) is 25.0 Å². The first-order chi connectivity index (χ1) is 18.5. The third-order valence-electron chi connectivity index (χ3n) is 12.0. The molecule has 40 heavy (non-hydrogen) atoms. The van der Waals surface area contributed by atoms with Crippen LogP contribution >= 0.6 is 0 Å². The summed E-state index contributed by atoms with van der Waals surface area (Å²) in [6.45, 7) is 18.6. The van der Waals surface area contributed by atoms with E-state index in [1.54, 1.807) is 6.92 Å². The van der Waals surface area contributed by atoms with E-state index in [2.05, 4.69) is 53.7 Å². The van der Waals surface area contributed by atoms with E-state index < -0.39 is 5.97 Å². The summed E-state index contributed by atoms with van der Waals surface area (Å²) in [5.41, 5.74) is 2.53. The van der Waals surface area contributed by atoms with Crippen molar-refractivity contribution >= 4 is 17.9 Å². The predicted molar refractivity (Wildman–Crippen MR) is 155 cm³/mol. The van der Waals surface area contributed by atoms with Crippen molar-refractivity contribution in [1.29, 1.82) is 0 Å². The van der Waals surface area contributed by atoms with Crippen LogP contribution in [0.4, 0.5) is 0 Å². The molecule has 0 bridgehead atoms. The second-order valence-electron chi connectivity index (χ2n) is 14.4. The summed E-state index contributed by atoms with van der Waals surface area (Å²) in [5, 5.41) is 9.25. The second-order valence-corrected chi connectivity index (χ2v) is 14.4. The van der Waals surface area contributed by atoms with Crippen molar-refractivity contribution in [3.05, 3.63) is 34.9 Å². The lowest BCUT2D eigenvalue weighted by molar-refractivity contribution is -0.166. The van der Waals surface area contributed by atoms with E-state index in [9.17, 15) is 19.5 Å². The molecule has 2 fully saturated rings. The van der Waals surface area contributed by atoms with Crippen LogP contribution in [0.3, 0.4) is 0 Å². The van der Waals surface area contributed by atoms with Gasteiger partial charge in [0.25, 0.3) is 0 Å². The molecule has 4 rings (SSSR count). The van der Waals surface area contributed by atoms with Gasteiger partial charge in [-0.1, -0.05) is 59.8 Å². The topological polar surface area (TPSA) is 89.9 Å². The normalized spacial score (nSPS) is 39.1. The Morgan fingerprint density at radius 1 is 1.00 bits per heavy atom. The Labute approximate surface area is 240 Å². The van der Waals surface area contributed by atoms with Gasteiger partial charge in [0, 0.05) is 30.3 Å². The minimum atomic E-state index is -0.867. The van der Waals surface area contributed by atoms with Gasteiger partial charge in [-0.25, -0.2) is 4.79 Å². The van der Waals surface area contributed by atoms with E-state index >= 15 is 0 Å². The Hall–Kier alpha value is -2.37. The molecular formula is C34H50O6. The van der Waals surface area contributed by atoms with E-state index in [1.807, 2.05) is 6.08 Å². The van der Waals surface area contributed by atoms with Crippen LogP contribution in [0.25, 0.3) is 0 Å². The molecule has 1 N–H and O–H groups in total. The van der Waals surface area contributed by atoms with Gasteiger partial charge >= 0.3 is 17.9 Å². The summed E-state index contributed by atoms with van der Waals surface area (Å²) < 4.78 is 12.0. The van der Waals surface area contributed by atoms with Gasteiger partial charge in [0.2, 0.25) is 0 Å². The van der Waals surface area contributed by atoms with Crippen molar-refractivity contribution in [3.63, 3.8) is 0 Å². The van der Waals surface area contributed by atoms with Gasteiger partial charge < -0.3 is 14.6 Å². The lowest BCUT2D eigenvalue weighted by atomic mass is 9.44. The highest BCUT2D eigenvalue weighted by atomic mass is 16.5. The molecule has 0 saturated heterocycles. The molecular weight excluding hydrogens is 504 g/mol. The highest BCUT2D eigenvalue weighted by Gasteiger charge is 2.67. The minimum Gasteiger partial charge on any atom is -0.478 e. The molecule has 6 heteroatoms. The Morgan fingerprint density at radius 2 is 1.62 bits per heavy atom. The first-order valence-corrected chi connectivity index (χ1v) is 15.2. The third-order valence-corrected chi connectivity index (χ3v) is 12.0. The van der Waals surface area contributed by atoms with Crippen molar-refractivity contribution in [3.8, 4) is 0 Å². The molecule has 0 amide bonds. The molecule has 6 nitrogen and oxygen atoms in total. The van der Waals surface area contributed by atoms with Crippen LogP contribution in [0.5, 0.6) is 0 Å². The molecule has 4 aliphatic carbocycles. The maximum absolute atomic E-state index is 12.4. The number of carboxylic acid groups (broad SMARTS) is 1. The summed E-state index contributed by atoms with van der Waals surface area (Å²) in [7, 11) is 0. The van der Waals surface area contributed by atoms with Gasteiger partial charge in [-0.3, -0.25) is 9.59 Å². The number of carbonyl (C=O) groups is 3. The molecule has 2 saturated carbocycles. The molecule has 0 spiro atoms. The number of ether oxygens (including phenoxy) is 2. The van der Waals surface area contributed by atoms with Crippen LogP contribution in [0, 0.1) is 39.4 Å². The number of esters is 2. The van der Waals surface area contributed by atoms with Crippen molar-refractivity contribution in [1.82, 2.24) is 0 Å². The minimum absolute atomic E-state index is 0.0435. The third kappa shape index (κ3) is 4.67. The Balaban J connectivity index is 1.71. The standard InChI is InChI=1S/C34H50O6/c1-20(11-10-12-21(2)30(37)38)26-19-29(40-23(4)36)34(9)25-13-14-27-31(5,6)28(39-22(3)35)16-17-32(27,7)24(25)15-18-33(26,34)8/h12-13,15,20,26-29H,10-11,14,16-19H2,1-9H3,(H,37,38). The van der Waals surface area contributed by atoms with Crippen molar-refractivity contribution < 1.29 is 29.0 Å². The van der Waals surface area contributed by atoms with E-state index in [0.29, 0.717) is 23.3 Å². The lowest BCUT2D eigenvalue weighted by Gasteiger charge is -2.61. The summed E-state index contributed by atoms with van der Waals surface area (Å²) in [4.78, 5) is 35.6. The SMILES string of the molecule is CC(=O)OC1CCC2(C)C3=CCC4(C)C(C(C)CCC=C(C)C(=O)O)CC(OC(C)=O)C4(C)C3=CCC2C1(C)C. The zero-order chi connectivity index (χ0) is 29.8. The van der Waals surface area contributed by atoms with Gasteiger partial charge in [0.1, 0.15) is 12.2 Å². The molecule has 222 valence electrons. The quantitative estimate of drug-likeness (QED) is 0.260. The Kier molecular flexibility index (Phi) is 8.01. The number of carboxylic acids is 1. The second kappa shape index (κ2) is 10.5. The van der Waals surface area contributed by atoms with Gasteiger partial charge in [-0.2, -0.15) is 0 Å². The van der Waals surface area contributed by atoms with Gasteiger partial charge in [0.15, 0.2) is 0 Å². The highest BCUT2D eigenvalue weighted by molar-refractivity contribution is 5.85. The number of fused-ring (bicyclic) bond motifs is 5. The monoisotopic (exact) mass is 554 g/mol. The first-order valence-electron chi connectivity index (χ1n) is 15.2. The Morgan fingerprint density at radius 3 is 2.23 bits per heavy atom. The number of carbonyl (C=O) groups excluding carboxylic acids is 2. The van der Waals surface area contributed by atoms with Crippen LogP contribution in [0.1, 0.15) is 107 Å². The molecule has 0 aromatic heterocycles. The lowest BCUT2D eigenvalue weighted by Crippen LogP contribution is -2.56. The van der Waals surface area contributed by atoms with E-state index in [-0.39, 0.29) is 45.8 Å². The fraction of sp³-hybridized carbons (Fsp3) is 0.735. The highest BCUT2D eigenvalue weighted by Crippen LogP contribution is 2.72. The van der Waals surface area contributed by atoms with Crippen LogP contribution in [-0.4, -0.2) is 35.2 Å². The summed E-state index contributed by atoms with van der Waals surface area (Å²) >= 11 is 0. The van der Waals surface area contributed by atoms with Crippen molar-refractivity contribution in [2.24, 2.45) is 39.4 Å². The average molecular weight is 555 g/mol. The molecule has 4 aliphatic rings. The summed E-state index contributed by atoms with van der Waals surface area (Å²) in [5.74, 6) is -0.286. The largest absolute Gasteiger partial charge is 0.478 e. The zero-order valence-corrected chi connectivity index (χ0v) is 26.1. The summed E-state index contributed by atoms with van der Waals surface area (Å²) in [6.07, 6.45) is 12.5. The van der Waals surface area contributed by atoms with Crippen molar-refractivity contribution in [2.75, 3.05) is 0 Å². The molecule has 8 atom stereocenters. The van der Waals surface area contributed by atoms with Gasteiger partial charge in [-0.15, -0.1) is 0 Å². The molecule has 0 aromatic rings. The van der Waals surface area contributed by atoms with Crippen LogP contribution in [0.2, 0.25) is 0 Å². The average Bonchev–Trinajstić information content (AvgIpc) is 3.07. The van der Waals surface area contributed by atoms with Crippen molar-refractivity contribution in [2.45, 2.75) is 119 Å². The van der Waals surface area contributed by atoms with E-state index in [4.69, 9.17) is 9.47 Å². The smallest absolute Gasteiger partial charge is 0.330 e. The van der Waals surface area contributed by atoms with Gasteiger partial charge in [-0.05, 0) is 91.6 Å². The molecule has 0 aliphatic heterocycles. The maximum atomic E-state index is 12.4. The number of hydrogen-bond donors (Lipinski definition) is 1. The molecule has 0 aromatic carbocycles. The number of allylic oxidation sites excluding steroid dienone is 4. The van der Waals surface area contributed by atoms with E-state index in [0.717, 1.165) is 44.9 Å². The fourth-order valence-corrected chi connectivity index (χ4v) is 9.52. The first kappa shape index (κ1) is 30.6. The number of hydrogen-bond acceptors (Lipinski definition) is 5. The maximum Gasteiger partial charge on any atom is 0.330 e. The van der Waals surface area contributed by atoms with Crippen LogP contribution < -0.4 is 0 Å². The molecule has 8 unspecified atom stereocenters. The Bertz CT molecular complexity index is 1160. The predicted octanol–water partition coefficient (Wildman–Crippen LogP) is 7.43. The fourth-order valence-electron chi connectivity index (χ4n) is 9.52. The zero-order valence-electron chi connectivity index (χ0n) is 26.1. The molecule has 0 radical (unpaired) electrons. The van der Waals surface area contributed by atoms with Gasteiger partial charge in [0.05, 0.1) is 0 Å². The number of aliphatic carboxylic acids is 1. The molecule has 0 heterocycles. The van der Waals surface area contributed by atoms with Crippen LogP contribution in [-0.2, 0) is 23.9 Å². The summed E-state index contributed by atoms with van der Waals surface area (Å²) in [6, 6.07) is 0. The number of rotatable bonds is 7.